The van der Waals surface area contributed by atoms with Crippen molar-refractivity contribution in [2.75, 3.05) is 6.54 Å². The summed E-state index contributed by atoms with van der Waals surface area (Å²) in [7, 11) is 0. The van der Waals surface area contributed by atoms with Gasteiger partial charge < -0.3 is 4.90 Å². The van der Waals surface area contributed by atoms with Gasteiger partial charge in [-0.05, 0) is 42.5 Å². The van der Waals surface area contributed by atoms with Gasteiger partial charge in [-0.1, -0.05) is 47.7 Å². The SMILES string of the molecule is CC1CCCCN1C(=O)c1cn(Cc2cccc3ccccc23)nn1. The molecule has 0 bridgehead atoms. The molecule has 5 nitrogen and oxygen atoms in total. The zero-order valence-electron chi connectivity index (χ0n) is 14.4. The van der Waals surface area contributed by atoms with Crippen LogP contribution in [-0.2, 0) is 6.54 Å². The van der Waals surface area contributed by atoms with Gasteiger partial charge in [0.1, 0.15) is 0 Å². The molecule has 0 saturated carbocycles. The molecule has 4 rings (SSSR count). The first-order valence-electron chi connectivity index (χ1n) is 8.90. The first-order chi connectivity index (χ1) is 12.2. The van der Waals surface area contributed by atoms with Gasteiger partial charge in [0.15, 0.2) is 5.69 Å². The van der Waals surface area contributed by atoms with Crippen LogP contribution in [0.15, 0.2) is 48.7 Å². The molecule has 25 heavy (non-hydrogen) atoms. The van der Waals surface area contributed by atoms with E-state index in [1.54, 1.807) is 10.9 Å². The normalized spacial score (nSPS) is 17.8. The number of carbonyl (C=O) groups excluding carboxylic acids is 1. The van der Waals surface area contributed by atoms with Crippen molar-refractivity contribution in [3.05, 3.63) is 59.9 Å². The van der Waals surface area contributed by atoms with E-state index in [9.17, 15) is 4.79 Å². The second-order valence-electron chi connectivity index (χ2n) is 6.78. The van der Waals surface area contributed by atoms with Gasteiger partial charge in [-0.3, -0.25) is 4.79 Å². The average molecular weight is 334 g/mol. The largest absolute Gasteiger partial charge is 0.335 e. The van der Waals surface area contributed by atoms with Crippen LogP contribution in [0.1, 0.15) is 42.2 Å². The van der Waals surface area contributed by atoms with Crippen LogP contribution in [0.2, 0.25) is 0 Å². The van der Waals surface area contributed by atoms with Crippen molar-refractivity contribution in [1.29, 1.82) is 0 Å². The van der Waals surface area contributed by atoms with Crippen LogP contribution in [0, 0.1) is 0 Å². The van der Waals surface area contributed by atoms with Gasteiger partial charge in [0.2, 0.25) is 0 Å². The molecule has 128 valence electrons. The van der Waals surface area contributed by atoms with E-state index in [4.69, 9.17) is 0 Å². The molecule has 0 N–H and O–H groups in total. The van der Waals surface area contributed by atoms with Gasteiger partial charge in [0.05, 0.1) is 12.7 Å². The summed E-state index contributed by atoms with van der Waals surface area (Å²) in [5.41, 5.74) is 1.61. The third-order valence-electron chi connectivity index (χ3n) is 5.03. The molecule has 2 heterocycles. The van der Waals surface area contributed by atoms with Crippen molar-refractivity contribution in [2.45, 2.75) is 38.8 Å². The molecule has 0 radical (unpaired) electrons. The first kappa shape index (κ1) is 15.8. The Morgan fingerprint density at radius 1 is 1.16 bits per heavy atom. The van der Waals surface area contributed by atoms with Gasteiger partial charge in [-0.2, -0.15) is 0 Å². The van der Waals surface area contributed by atoms with Crippen molar-refractivity contribution in [3.8, 4) is 0 Å². The maximum absolute atomic E-state index is 12.7. The molecule has 0 aliphatic carbocycles. The maximum atomic E-state index is 12.7. The fraction of sp³-hybridized carbons (Fsp3) is 0.350. The summed E-state index contributed by atoms with van der Waals surface area (Å²) >= 11 is 0. The van der Waals surface area contributed by atoms with Gasteiger partial charge in [-0.25, -0.2) is 4.68 Å². The van der Waals surface area contributed by atoms with Crippen LogP contribution in [0.5, 0.6) is 0 Å². The third-order valence-corrected chi connectivity index (χ3v) is 5.03. The number of hydrogen-bond acceptors (Lipinski definition) is 3. The second-order valence-corrected chi connectivity index (χ2v) is 6.78. The van der Waals surface area contributed by atoms with Crippen LogP contribution in [0.4, 0.5) is 0 Å². The van der Waals surface area contributed by atoms with Crippen LogP contribution in [0.25, 0.3) is 10.8 Å². The molecule has 1 saturated heterocycles. The Hall–Kier alpha value is -2.69. The number of amides is 1. The molecule has 1 aromatic heterocycles. The van der Waals surface area contributed by atoms with Crippen molar-refractivity contribution in [2.24, 2.45) is 0 Å². The van der Waals surface area contributed by atoms with Gasteiger partial charge in [0, 0.05) is 12.6 Å². The lowest BCUT2D eigenvalue weighted by atomic mass is 10.0. The van der Waals surface area contributed by atoms with Crippen molar-refractivity contribution in [1.82, 2.24) is 19.9 Å². The van der Waals surface area contributed by atoms with Crippen molar-refractivity contribution >= 4 is 16.7 Å². The number of likely N-dealkylation sites (tertiary alicyclic amines) is 1. The molecule has 0 spiro atoms. The number of nitrogens with zero attached hydrogens (tertiary/aromatic N) is 4. The monoisotopic (exact) mass is 334 g/mol. The van der Waals surface area contributed by atoms with E-state index in [0.717, 1.165) is 19.4 Å². The number of rotatable bonds is 3. The lowest BCUT2D eigenvalue weighted by Crippen LogP contribution is -2.42. The Balaban J connectivity index is 1.56. The molecular weight excluding hydrogens is 312 g/mol. The zero-order valence-corrected chi connectivity index (χ0v) is 14.4. The van der Waals surface area contributed by atoms with Gasteiger partial charge in [-0.15, -0.1) is 5.10 Å². The van der Waals surface area contributed by atoms with Crippen LogP contribution >= 0.6 is 0 Å². The molecular formula is C20H22N4O. The minimum Gasteiger partial charge on any atom is -0.335 e. The Bertz CT molecular complexity index is 896. The molecule has 1 unspecified atom stereocenters. The number of carbonyl (C=O) groups is 1. The van der Waals surface area contributed by atoms with E-state index >= 15 is 0 Å². The highest BCUT2D eigenvalue weighted by Gasteiger charge is 2.26. The zero-order chi connectivity index (χ0) is 17.2. The summed E-state index contributed by atoms with van der Waals surface area (Å²) in [6.45, 7) is 3.53. The molecule has 1 amide bonds. The van der Waals surface area contributed by atoms with Crippen molar-refractivity contribution < 1.29 is 4.79 Å². The summed E-state index contributed by atoms with van der Waals surface area (Å²) in [6, 6.07) is 14.8. The second kappa shape index (κ2) is 6.67. The standard InChI is InChI=1S/C20H22N4O/c1-15-7-4-5-12-24(15)20(25)19-14-23(22-21-19)13-17-10-6-9-16-8-2-3-11-18(16)17/h2-3,6,8-11,14-15H,4-5,7,12-13H2,1H3. The number of benzene rings is 2. The topological polar surface area (TPSA) is 51.0 Å². The molecule has 3 aromatic rings. The molecule has 1 aliphatic rings. The van der Waals surface area contributed by atoms with Gasteiger partial charge >= 0.3 is 0 Å². The lowest BCUT2D eigenvalue weighted by Gasteiger charge is -2.32. The average Bonchev–Trinajstić information content (AvgIpc) is 3.10. The third kappa shape index (κ3) is 3.14. The predicted molar refractivity (Wildman–Crippen MR) is 97.4 cm³/mol. The Kier molecular flexibility index (Phi) is 4.22. The summed E-state index contributed by atoms with van der Waals surface area (Å²) in [6.07, 6.45) is 5.10. The van der Waals surface area contributed by atoms with E-state index in [1.165, 1.54) is 22.8 Å². The number of fused-ring (bicyclic) bond motifs is 1. The fourth-order valence-corrected chi connectivity index (χ4v) is 3.63. The summed E-state index contributed by atoms with van der Waals surface area (Å²) in [5.74, 6) is -0.00336. The van der Waals surface area contributed by atoms with E-state index in [1.807, 2.05) is 17.0 Å². The van der Waals surface area contributed by atoms with E-state index < -0.39 is 0 Å². The lowest BCUT2D eigenvalue weighted by molar-refractivity contribution is 0.0629. The molecule has 2 aromatic carbocycles. The highest BCUT2D eigenvalue weighted by molar-refractivity contribution is 5.92. The highest BCUT2D eigenvalue weighted by atomic mass is 16.2. The maximum Gasteiger partial charge on any atom is 0.276 e. The minimum atomic E-state index is -0.00336. The van der Waals surface area contributed by atoms with Crippen LogP contribution < -0.4 is 0 Å². The smallest absolute Gasteiger partial charge is 0.276 e. The fourth-order valence-electron chi connectivity index (χ4n) is 3.63. The number of piperidine rings is 1. The molecule has 1 aliphatic heterocycles. The first-order valence-corrected chi connectivity index (χ1v) is 8.90. The van der Waals surface area contributed by atoms with Crippen LogP contribution in [-0.4, -0.2) is 38.4 Å². The molecule has 1 fully saturated rings. The number of hydrogen-bond donors (Lipinski definition) is 0. The molecule has 1 atom stereocenters. The van der Waals surface area contributed by atoms with Crippen molar-refractivity contribution in [3.63, 3.8) is 0 Å². The summed E-state index contributed by atoms with van der Waals surface area (Å²) in [4.78, 5) is 14.6. The van der Waals surface area contributed by atoms with E-state index in [2.05, 4.69) is 47.6 Å². The minimum absolute atomic E-state index is 0.00336. The Morgan fingerprint density at radius 2 is 2.00 bits per heavy atom. The quantitative estimate of drug-likeness (QED) is 0.737. The van der Waals surface area contributed by atoms with E-state index in [-0.39, 0.29) is 11.9 Å². The van der Waals surface area contributed by atoms with Gasteiger partial charge in [0.25, 0.3) is 5.91 Å². The highest BCUT2D eigenvalue weighted by Crippen LogP contribution is 2.20. The van der Waals surface area contributed by atoms with E-state index in [0.29, 0.717) is 12.2 Å². The Morgan fingerprint density at radius 3 is 2.88 bits per heavy atom. The predicted octanol–water partition coefficient (Wildman–Crippen LogP) is 3.49. The van der Waals surface area contributed by atoms with Crippen LogP contribution in [0.3, 0.4) is 0 Å². The Labute approximate surface area is 147 Å². The summed E-state index contributed by atoms with van der Waals surface area (Å²) < 4.78 is 1.75. The number of aromatic nitrogens is 3. The molecule has 5 heteroatoms. The summed E-state index contributed by atoms with van der Waals surface area (Å²) in [5, 5.41) is 10.7.